The predicted octanol–water partition coefficient (Wildman–Crippen LogP) is 10.5. The number of aliphatic hydroxyl groups excluding tert-OH is 8. The van der Waals surface area contributed by atoms with E-state index in [1.165, 1.54) is 205 Å². The van der Waals surface area contributed by atoms with Crippen LogP contribution in [-0.2, 0) is 23.7 Å². The summed E-state index contributed by atoms with van der Waals surface area (Å²) in [4.78, 5) is 13.1. The van der Waals surface area contributed by atoms with E-state index < -0.39 is 86.8 Å². The number of ether oxygens (including phenoxy) is 4. The van der Waals surface area contributed by atoms with Crippen molar-refractivity contribution in [2.75, 3.05) is 19.8 Å². The second-order valence-electron chi connectivity index (χ2n) is 22.2. The number of rotatable bonds is 50. The first kappa shape index (κ1) is 68.1. The molecular formula is C59H115NO13. The number of carbonyl (C=O) groups excluding carboxylic acids is 1. The smallest absolute Gasteiger partial charge is 0.220 e. The van der Waals surface area contributed by atoms with Crippen molar-refractivity contribution in [2.45, 2.75) is 351 Å². The van der Waals surface area contributed by atoms with Crippen LogP contribution in [0.15, 0.2) is 0 Å². The number of unbranched alkanes of at least 4 members (excludes halogenated alkanes) is 37. The summed E-state index contributed by atoms with van der Waals surface area (Å²) in [6, 6.07) is -0.819. The Morgan fingerprint density at radius 3 is 1.16 bits per heavy atom. The first-order valence-electron chi connectivity index (χ1n) is 30.8. The molecule has 2 rings (SSSR count). The highest BCUT2D eigenvalue weighted by Crippen LogP contribution is 2.30. The normalized spacial score (nSPS) is 25.3. The maximum atomic E-state index is 13.1. The van der Waals surface area contributed by atoms with E-state index in [0.717, 1.165) is 44.9 Å². The van der Waals surface area contributed by atoms with Gasteiger partial charge in [-0.2, -0.15) is 0 Å². The fraction of sp³-hybridized carbons (Fsp3) is 0.983. The highest BCUT2D eigenvalue weighted by Gasteiger charge is 2.51. The zero-order valence-corrected chi connectivity index (χ0v) is 46.7. The van der Waals surface area contributed by atoms with Gasteiger partial charge in [0, 0.05) is 6.42 Å². The molecule has 2 saturated heterocycles. The van der Waals surface area contributed by atoms with Gasteiger partial charge in [-0.15, -0.1) is 0 Å². The molecule has 0 spiro atoms. The van der Waals surface area contributed by atoms with Gasteiger partial charge in [0.2, 0.25) is 5.91 Å². The first-order valence-corrected chi connectivity index (χ1v) is 30.8. The lowest BCUT2D eigenvalue weighted by Gasteiger charge is -2.46. The van der Waals surface area contributed by atoms with Gasteiger partial charge >= 0.3 is 0 Å². The molecule has 12 unspecified atom stereocenters. The minimum Gasteiger partial charge on any atom is -0.394 e. The standard InChI is InChI=1S/C59H115NO13/c1-3-5-7-8-9-10-11-12-13-14-15-16-17-18-19-20-21-22-23-24-25-26-27-28-29-30-31-32-33-34-35-36-37-38-39-41-43-51(64)60-47(48(63)42-40-6-4-2)46-70-58-56(69)54(67)57(50(45-62)72-58)73-59-55(68)53(66)52(65)49(44-61)71-59/h47-50,52-59,61-63,65-69H,3-46H2,1-2H3,(H,60,64). The van der Waals surface area contributed by atoms with Crippen LogP contribution in [0, 0.1) is 0 Å². The molecule has 2 aliphatic heterocycles. The van der Waals surface area contributed by atoms with Gasteiger partial charge in [0.05, 0.1) is 32.0 Å². The zero-order valence-electron chi connectivity index (χ0n) is 46.7. The number of hydrogen-bond donors (Lipinski definition) is 9. The number of nitrogens with one attached hydrogen (secondary N) is 1. The molecule has 0 aromatic rings. The van der Waals surface area contributed by atoms with E-state index in [2.05, 4.69) is 19.2 Å². The second-order valence-corrected chi connectivity index (χ2v) is 22.2. The lowest BCUT2D eigenvalue weighted by molar-refractivity contribution is -0.359. The van der Waals surface area contributed by atoms with Gasteiger partial charge in [0.15, 0.2) is 12.6 Å². The molecular weight excluding hydrogens is 931 g/mol. The second kappa shape index (κ2) is 46.0. The Bertz CT molecular complexity index is 1230. The third-order valence-electron chi connectivity index (χ3n) is 15.6. The van der Waals surface area contributed by atoms with Gasteiger partial charge in [-0.05, 0) is 12.8 Å². The van der Waals surface area contributed by atoms with Gasteiger partial charge in [-0.1, -0.05) is 258 Å². The van der Waals surface area contributed by atoms with Crippen molar-refractivity contribution >= 4 is 5.91 Å². The van der Waals surface area contributed by atoms with Gasteiger partial charge in [0.1, 0.15) is 48.8 Å². The van der Waals surface area contributed by atoms with Crippen LogP contribution < -0.4 is 5.32 Å². The van der Waals surface area contributed by atoms with Crippen LogP contribution >= 0.6 is 0 Å². The van der Waals surface area contributed by atoms with Gasteiger partial charge in [-0.25, -0.2) is 0 Å². The highest BCUT2D eigenvalue weighted by molar-refractivity contribution is 5.76. The molecule has 14 heteroatoms. The molecule has 0 bridgehead atoms. The Labute approximate surface area is 444 Å². The van der Waals surface area contributed by atoms with Crippen LogP contribution in [0.1, 0.15) is 277 Å². The molecule has 0 aromatic heterocycles. The Kier molecular flexibility index (Phi) is 42.9. The Morgan fingerprint density at radius 1 is 0.438 bits per heavy atom. The molecule has 12 atom stereocenters. The van der Waals surface area contributed by atoms with Crippen LogP contribution in [0.5, 0.6) is 0 Å². The number of aliphatic hydroxyl groups is 8. The van der Waals surface area contributed by atoms with Crippen LogP contribution in [-0.4, -0.2) is 140 Å². The van der Waals surface area contributed by atoms with E-state index in [9.17, 15) is 45.6 Å². The minimum absolute atomic E-state index is 0.212. The number of carbonyl (C=O) groups is 1. The maximum Gasteiger partial charge on any atom is 0.220 e. The molecule has 0 aliphatic carbocycles. The Hall–Kier alpha value is -1.01. The molecule has 9 N–H and O–H groups in total. The number of hydrogen-bond acceptors (Lipinski definition) is 13. The zero-order chi connectivity index (χ0) is 53.2. The van der Waals surface area contributed by atoms with Crippen LogP contribution in [0.4, 0.5) is 0 Å². The molecule has 73 heavy (non-hydrogen) atoms. The van der Waals surface area contributed by atoms with Crippen LogP contribution in [0.25, 0.3) is 0 Å². The van der Waals surface area contributed by atoms with Crippen LogP contribution in [0.3, 0.4) is 0 Å². The first-order chi connectivity index (χ1) is 35.6. The van der Waals surface area contributed by atoms with Crippen molar-refractivity contribution in [3.63, 3.8) is 0 Å². The summed E-state index contributed by atoms with van der Waals surface area (Å²) < 4.78 is 22.6. The molecule has 2 fully saturated rings. The van der Waals surface area contributed by atoms with Crippen molar-refractivity contribution in [1.29, 1.82) is 0 Å². The molecule has 2 heterocycles. The summed E-state index contributed by atoms with van der Waals surface area (Å²) in [6.07, 6.45) is 35.7. The molecule has 0 aromatic carbocycles. The summed E-state index contributed by atoms with van der Waals surface area (Å²) in [5, 5.41) is 86.2. The minimum atomic E-state index is -1.78. The molecule has 0 radical (unpaired) electrons. The fourth-order valence-electron chi connectivity index (χ4n) is 10.6. The van der Waals surface area contributed by atoms with E-state index in [1.54, 1.807) is 0 Å². The molecule has 2 aliphatic rings. The van der Waals surface area contributed by atoms with Gasteiger partial charge in [-0.3, -0.25) is 4.79 Å². The van der Waals surface area contributed by atoms with Crippen molar-refractivity contribution in [3.8, 4) is 0 Å². The van der Waals surface area contributed by atoms with Crippen molar-refractivity contribution in [2.24, 2.45) is 0 Å². The average molecular weight is 1050 g/mol. The summed E-state index contributed by atoms with van der Waals surface area (Å²) in [5.41, 5.74) is 0. The van der Waals surface area contributed by atoms with E-state index in [-0.39, 0.29) is 12.5 Å². The average Bonchev–Trinajstić information content (AvgIpc) is 3.39. The Balaban J connectivity index is 1.44. The summed E-state index contributed by atoms with van der Waals surface area (Å²) >= 11 is 0. The van der Waals surface area contributed by atoms with Crippen LogP contribution in [0.2, 0.25) is 0 Å². The third kappa shape index (κ3) is 31.9. The molecule has 14 nitrogen and oxygen atoms in total. The van der Waals surface area contributed by atoms with E-state index >= 15 is 0 Å². The Morgan fingerprint density at radius 2 is 0.781 bits per heavy atom. The lowest BCUT2D eigenvalue weighted by atomic mass is 9.97. The van der Waals surface area contributed by atoms with Gasteiger partial charge in [0.25, 0.3) is 0 Å². The maximum absolute atomic E-state index is 13.1. The SMILES string of the molecule is CCCCCCCCCCCCCCCCCCCCCCCCCCCCCCCCCCCCCCC(=O)NC(COC1OC(CO)C(OC2OC(CO)C(O)C(O)C2O)C(O)C1O)C(O)CCCCC. The largest absolute Gasteiger partial charge is 0.394 e. The summed E-state index contributed by atoms with van der Waals surface area (Å²) in [5.74, 6) is -0.212. The van der Waals surface area contributed by atoms with Crippen molar-refractivity contribution in [3.05, 3.63) is 0 Å². The lowest BCUT2D eigenvalue weighted by Crippen LogP contribution is -2.65. The topological polar surface area (TPSA) is 228 Å². The van der Waals surface area contributed by atoms with E-state index in [4.69, 9.17) is 18.9 Å². The van der Waals surface area contributed by atoms with Crippen molar-refractivity contribution < 1.29 is 64.6 Å². The molecule has 434 valence electrons. The quantitative estimate of drug-likeness (QED) is 0.0259. The van der Waals surface area contributed by atoms with Gasteiger partial charge < -0.3 is 65.1 Å². The van der Waals surface area contributed by atoms with Crippen molar-refractivity contribution in [1.82, 2.24) is 5.32 Å². The number of amides is 1. The molecule has 1 amide bonds. The molecule has 0 saturated carbocycles. The third-order valence-corrected chi connectivity index (χ3v) is 15.6. The van der Waals surface area contributed by atoms with E-state index in [1.807, 2.05) is 0 Å². The summed E-state index contributed by atoms with van der Waals surface area (Å²) in [6.45, 7) is 2.71. The predicted molar refractivity (Wildman–Crippen MR) is 291 cm³/mol. The fourth-order valence-corrected chi connectivity index (χ4v) is 10.6. The van der Waals surface area contributed by atoms with E-state index in [0.29, 0.717) is 12.8 Å². The highest BCUT2D eigenvalue weighted by atomic mass is 16.7. The monoisotopic (exact) mass is 1050 g/mol. The summed E-state index contributed by atoms with van der Waals surface area (Å²) in [7, 11) is 0.